The van der Waals surface area contributed by atoms with Gasteiger partial charge in [0.15, 0.2) is 0 Å². The van der Waals surface area contributed by atoms with Gasteiger partial charge in [0.2, 0.25) is 0 Å². The zero-order valence-electron chi connectivity index (χ0n) is 9.86. The van der Waals surface area contributed by atoms with E-state index in [2.05, 4.69) is 17.1 Å². The molecule has 1 aromatic carbocycles. The first-order valence-corrected chi connectivity index (χ1v) is 6.03. The van der Waals surface area contributed by atoms with Gasteiger partial charge < -0.3 is 9.67 Å². The average Bonchev–Trinajstić information content (AvgIpc) is 3.05. The molecule has 0 spiro atoms. The first kappa shape index (κ1) is 11.0. The third-order valence-electron chi connectivity index (χ3n) is 3.38. The van der Waals surface area contributed by atoms with Crippen LogP contribution in [0.3, 0.4) is 0 Å². The number of carbonyl (C=O) groups is 1. The summed E-state index contributed by atoms with van der Waals surface area (Å²) in [7, 11) is 0. The van der Waals surface area contributed by atoms with Crippen molar-refractivity contribution in [2.75, 3.05) is 0 Å². The van der Waals surface area contributed by atoms with Crippen LogP contribution in [0, 0.1) is 5.92 Å². The number of rotatable bonds is 4. The lowest BCUT2D eigenvalue weighted by molar-refractivity contribution is -0.138. The highest BCUT2D eigenvalue weighted by Gasteiger charge is 2.46. The third-order valence-corrected chi connectivity index (χ3v) is 3.38. The molecule has 0 radical (unpaired) electrons. The zero-order chi connectivity index (χ0) is 12.5. The van der Waals surface area contributed by atoms with Crippen molar-refractivity contribution in [3.05, 3.63) is 54.1 Å². The van der Waals surface area contributed by atoms with Crippen molar-refractivity contribution in [3.8, 4) is 0 Å². The summed E-state index contributed by atoms with van der Waals surface area (Å²) < 4.78 is 2.04. The molecule has 3 rings (SSSR count). The van der Waals surface area contributed by atoms with E-state index in [1.165, 1.54) is 5.56 Å². The van der Waals surface area contributed by atoms with E-state index < -0.39 is 5.97 Å². The van der Waals surface area contributed by atoms with Gasteiger partial charge in [-0.2, -0.15) is 0 Å². The Balaban J connectivity index is 1.79. The smallest absolute Gasteiger partial charge is 0.307 e. The van der Waals surface area contributed by atoms with Gasteiger partial charge in [0.1, 0.15) is 5.82 Å². The van der Waals surface area contributed by atoms with Crippen LogP contribution in [0.25, 0.3) is 0 Å². The van der Waals surface area contributed by atoms with Gasteiger partial charge in [0, 0.05) is 24.9 Å². The molecule has 0 bridgehead atoms. The Bertz CT molecular complexity index is 562. The van der Waals surface area contributed by atoms with Gasteiger partial charge in [-0.15, -0.1) is 0 Å². The zero-order valence-corrected chi connectivity index (χ0v) is 9.86. The third kappa shape index (κ3) is 2.01. The molecule has 1 heterocycles. The Kier molecular flexibility index (Phi) is 2.63. The Morgan fingerprint density at radius 3 is 2.83 bits per heavy atom. The van der Waals surface area contributed by atoms with Gasteiger partial charge in [-0.25, -0.2) is 4.98 Å². The Hall–Kier alpha value is -2.10. The first-order valence-electron chi connectivity index (χ1n) is 6.03. The van der Waals surface area contributed by atoms with E-state index >= 15 is 0 Å². The second kappa shape index (κ2) is 4.29. The van der Waals surface area contributed by atoms with Crippen LogP contribution in [0.5, 0.6) is 0 Å². The molecule has 1 N–H and O–H groups in total. The predicted octanol–water partition coefficient (Wildman–Crippen LogP) is 2.12. The summed E-state index contributed by atoms with van der Waals surface area (Å²) in [6.07, 6.45) is 4.37. The monoisotopic (exact) mass is 242 g/mol. The molecule has 1 aliphatic carbocycles. The molecular weight excluding hydrogens is 228 g/mol. The second-order valence-electron chi connectivity index (χ2n) is 4.69. The predicted molar refractivity (Wildman–Crippen MR) is 66.3 cm³/mol. The molecule has 4 nitrogen and oxygen atoms in total. The number of hydrogen-bond donors (Lipinski definition) is 1. The van der Waals surface area contributed by atoms with Crippen molar-refractivity contribution in [2.24, 2.45) is 5.92 Å². The summed E-state index contributed by atoms with van der Waals surface area (Å²) >= 11 is 0. The largest absolute Gasteiger partial charge is 0.481 e. The SMILES string of the molecule is O=C(O)C1CC1c1nccn1Cc1ccccc1. The maximum Gasteiger partial charge on any atom is 0.307 e. The van der Waals surface area contributed by atoms with Crippen molar-refractivity contribution in [2.45, 2.75) is 18.9 Å². The highest BCUT2D eigenvalue weighted by atomic mass is 16.4. The fourth-order valence-electron chi connectivity index (χ4n) is 2.32. The van der Waals surface area contributed by atoms with E-state index in [4.69, 9.17) is 5.11 Å². The molecule has 1 saturated carbocycles. The summed E-state index contributed by atoms with van der Waals surface area (Å²) in [5.74, 6) is 0.0173. The summed E-state index contributed by atoms with van der Waals surface area (Å²) in [6, 6.07) is 10.1. The van der Waals surface area contributed by atoms with Crippen LogP contribution in [-0.2, 0) is 11.3 Å². The molecule has 1 aromatic heterocycles. The van der Waals surface area contributed by atoms with E-state index in [9.17, 15) is 4.79 Å². The second-order valence-corrected chi connectivity index (χ2v) is 4.69. The van der Waals surface area contributed by atoms with Crippen molar-refractivity contribution >= 4 is 5.97 Å². The lowest BCUT2D eigenvalue weighted by Gasteiger charge is -2.07. The van der Waals surface area contributed by atoms with Crippen LogP contribution >= 0.6 is 0 Å². The minimum absolute atomic E-state index is 0.0845. The molecule has 1 aliphatic rings. The first-order chi connectivity index (χ1) is 8.75. The van der Waals surface area contributed by atoms with Crippen LogP contribution in [0.4, 0.5) is 0 Å². The number of carboxylic acids is 1. The molecule has 18 heavy (non-hydrogen) atoms. The highest BCUT2D eigenvalue weighted by molar-refractivity contribution is 5.74. The minimum Gasteiger partial charge on any atom is -0.481 e. The molecule has 2 atom stereocenters. The van der Waals surface area contributed by atoms with E-state index in [-0.39, 0.29) is 11.8 Å². The molecular formula is C14H14N2O2. The summed E-state index contributed by atoms with van der Waals surface area (Å²) in [4.78, 5) is 15.2. The number of nitrogens with zero attached hydrogens (tertiary/aromatic N) is 2. The molecule has 0 amide bonds. The highest BCUT2D eigenvalue weighted by Crippen LogP contribution is 2.46. The lowest BCUT2D eigenvalue weighted by Crippen LogP contribution is -2.06. The molecule has 2 unspecified atom stereocenters. The van der Waals surface area contributed by atoms with Gasteiger partial charge in [0.05, 0.1) is 5.92 Å². The summed E-state index contributed by atoms with van der Waals surface area (Å²) in [6.45, 7) is 0.749. The maximum atomic E-state index is 10.9. The van der Waals surface area contributed by atoms with Gasteiger partial charge >= 0.3 is 5.97 Å². The topological polar surface area (TPSA) is 55.1 Å². The van der Waals surface area contributed by atoms with Gasteiger partial charge in [0.25, 0.3) is 0 Å². The van der Waals surface area contributed by atoms with E-state index in [0.717, 1.165) is 12.4 Å². The Labute approximate surface area is 105 Å². The van der Waals surface area contributed by atoms with E-state index in [0.29, 0.717) is 6.42 Å². The van der Waals surface area contributed by atoms with Gasteiger partial charge in [-0.1, -0.05) is 30.3 Å². The van der Waals surface area contributed by atoms with Crippen molar-refractivity contribution in [1.29, 1.82) is 0 Å². The number of aromatic nitrogens is 2. The molecule has 1 fully saturated rings. The quantitative estimate of drug-likeness (QED) is 0.893. The lowest BCUT2D eigenvalue weighted by atomic mass is 10.2. The molecule has 4 heteroatoms. The van der Waals surface area contributed by atoms with Crippen LogP contribution in [0.1, 0.15) is 23.7 Å². The number of carboxylic acid groups (broad SMARTS) is 1. The van der Waals surface area contributed by atoms with Crippen molar-refractivity contribution in [1.82, 2.24) is 9.55 Å². The number of benzene rings is 1. The molecule has 2 aromatic rings. The number of imidazole rings is 1. The number of aliphatic carboxylic acids is 1. The molecule has 0 saturated heterocycles. The van der Waals surface area contributed by atoms with Crippen LogP contribution in [-0.4, -0.2) is 20.6 Å². The standard InChI is InChI=1S/C14H14N2O2/c17-14(18)12-8-11(12)13-15-6-7-16(13)9-10-4-2-1-3-5-10/h1-7,11-12H,8-9H2,(H,17,18). The fourth-order valence-corrected chi connectivity index (χ4v) is 2.32. The van der Waals surface area contributed by atoms with Crippen molar-refractivity contribution in [3.63, 3.8) is 0 Å². The Morgan fingerprint density at radius 1 is 1.39 bits per heavy atom. The van der Waals surface area contributed by atoms with E-state index in [1.807, 2.05) is 29.0 Å². The summed E-state index contributed by atoms with van der Waals surface area (Å²) in [5.41, 5.74) is 1.20. The van der Waals surface area contributed by atoms with Gasteiger partial charge in [-0.05, 0) is 12.0 Å². The van der Waals surface area contributed by atoms with Gasteiger partial charge in [-0.3, -0.25) is 4.79 Å². The summed E-state index contributed by atoms with van der Waals surface area (Å²) in [5, 5.41) is 8.97. The normalized spacial score (nSPS) is 21.8. The fraction of sp³-hybridized carbons (Fsp3) is 0.286. The molecule has 92 valence electrons. The van der Waals surface area contributed by atoms with E-state index in [1.54, 1.807) is 6.20 Å². The average molecular weight is 242 g/mol. The van der Waals surface area contributed by atoms with Crippen LogP contribution in [0.2, 0.25) is 0 Å². The molecule has 0 aliphatic heterocycles. The maximum absolute atomic E-state index is 10.9. The van der Waals surface area contributed by atoms with Crippen LogP contribution in [0.15, 0.2) is 42.7 Å². The number of hydrogen-bond acceptors (Lipinski definition) is 2. The minimum atomic E-state index is -0.714. The Morgan fingerprint density at radius 2 is 2.17 bits per heavy atom. The van der Waals surface area contributed by atoms with Crippen LogP contribution < -0.4 is 0 Å². The van der Waals surface area contributed by atoms with Crippen molar-refractivity contribution < 1.29 is 9.90 Å².